The maximum Gasteiger partial charge on any atom is 0.119 e. The van der Waals surface area contributed by atoms with Gasteiger partial charge in [0, 0.05) is 13.7 Å². The lowest BCUT2D eigenvalue weighted by Gasteiger charge is -2.28. The van der Waals surface area contributed by atoms with E-state index in [1.165, 1.54) is 62.5 Å². The predicted molar refractivity (Wildman–Crippen MR) is 118 cm³/mol. The maximum atomic E-state index is 5.84. The Morgan fingerprint density at radius 3 is 2.11 bits per heavy atom. The van der Waals surface area contributed by atoms with Crippen molar-refractivity contribution in [3.63, 3.8) is 0 Å². The summed E-state index contributed by atoms with van der Waals surface area (Å²) in [4.78, 5) is 0. The lowest BCUT2D eigenvalue weighted by molar-refractivity contribution is 0.184. The van der Waals surface area contributed by atoms with Gasteiger partial charge in [-0.05, 0) is 99.7 Å². The molecule has 2 aliphatic rings. The Morgan fingerprint density at radius 1 is 0.857 bits per heavy atom. The Kier molecular flexibility index (Phi) is 8.67. The molecule has 1 aromatic carbocycles. The maximum absolute atomic E-state index is 5.84. The zero-order valence-electron chi connectivity index (χ0n) is 17.7. The molecule has 1 aromatic rings. The Balaban J connectivity index is 1.38. The number of unbranched alkanes of at least 4 members (excludes halogenated alkanes) is 1. The number of hydrogen-bond acceptors (Lipinski definition) is 2. The standard InChI is InChI=1S/C26H38O2/c1-21-5-7-22(8-6-21)9-10-23-11-13-24(14-12-23)25-15-17-26(18-16-25)28-20-4-3-19-27-2/h9-10,15-18,22-24H,1,3-8,11-14,19-20H2,2H3. The highest BCUT2D eigenvalue weighted by atomic mass is 16.5. The number of hydrogen-bond donors (Lipinski definition) is 0. The molecule has 2 saturated carbocycles. The van der Waals surface area contributed by atoms with Gasteiger partial charge in [0.25, 0.3) is 0 Å². The van der Waals surface area contributed by atoms with Crippen LogP contribution >= 0.6 is 0 Å². The van der Waals surface area contributed by atoms with Crippen molar-refractivity contribution in [2.75, 3.05) is 20.3 Å². The predicted octanol–water partition coefficient (Wildman–Crippen LogP) is 7.07. The van der Waals surface area contributed by atoms with Crippen molar-refractivity contribution < 1.29 is 9.47 Å². The number of ether oxygens (including phenoxy) is 2. The van der Waals surface area contributed by atoms with Crippen LogP contribution in [0.5, 0.6) is 5.75 Å². The Morgan fingerprint density at radius 2 is 1.46 bits per heavy atom. The van der Waals surface area contributed by atoms with Crippen LogP contribution in [0.4, 0.5) is 0 Å². The van der Waals surface area contributed by atoms with Gasteiger partial charge in [0.1, 0.15) is 5.75 Å². The molecule has 2 nitrogen and oxygen atoms in total. The average Bonchev–Trinajstić information content (AvgIpc) is 2.74. The van der Waals surface area contributed by atoms with Crippen LogP contribution in [0.1, 0.15) is 75.7 Å². The minimum Gasteiger partial charge on any atom is -0.494 e. The van der Waals surface area contributed by atoms with E-state index in [9.17, 15) is 0 Å². The Hall–Kier alpha value is -1.54. The highest BCUT2D eigenvalue weighted by molar-refractivity contribution is 5.29. The fourth-order valence-corrected chi connectivity index (χ4v) is 4.57. The first kappa shape index (κ1) is 21.2. The molecule has 0 aromatic heterocycles. The van der Waals surface area contributed by atoms with Gasteiger partial charge in [0.15, 0.2) is 0 Å². The summed E-state index contributed by atoms with van der Waals surface area (Å²) in [5.74, 6) is 3.30. The van der Waals surface area contributed by atoms with Gasteiger partial charge < -0.3 is 9.47 Å². The third-order valence-corrected chi connectivity index (χ3v) is 6.53. The SMILES string of the molecule is C=C1CCC(C=CC2CCC(c3ccc(OCCCCOC)cc3)CC2)CC1. The molecule has 0 radical (unpaired) electrons. The van der Waals surface area contributed by atoms with Crippen molar-refractivity contribution in [1.29, 1.82) is 0 Å². The first-order valence-electron chi connectivity index (χ1n) is 11.3. The van der Waals surface area contributed by atoms with Crippen LogP contribution in [0.3, 0.4) is 0 Å². The van der Waals surface area contributed by atoms with E-state index in [0.717, 1.165) is 49.6 Å². The summed E-state index contributed by atoms with van der Waals surface area (Å²) in [5.41, 5.74) is 2.94. The Labute approximate surface area is 172 Å². The van der Waals surface area contributed by atoms with Crippen LogP contribution < -0.4 is 4.74 Å². The number of allylic oxidation sites excluding steroid dienone is 3. The molecule has 2 aliphatic carbocycles. The van der Waals surface area contributed by atoms with Crippen LogP contribution in [0.2, 0.25) is 0 Å². The van der Waals surface area contributed by atoms with Crippen molar-refractivity contribution in [1.82, 2.24) is 0 Å². The zero-order valence-corrected chi connectivity index (χ0v) is 17.7. The molecule has 0 aliphatic heterocycles. The van der Waals surface area contributed by atoms with Gasteiger partial charge in [-0.1, -0.05) is 36.4 Å². The van der Waals surface area contributed by atoms with E-state index in [0.29, 0.717) is 0 Å². The minimum atomic E-state index is 0.721. The second-order valence-corrected chi connectivity index (χ2v) is 8.70. The second-order valence-electron chi connectivity index (χ2n) is 8.70. The molecule has 28 heavy (non-hydrogen) atoms. The Bertz CT molecular complexity index is 598. The van der Waals surface area contributed by atoms with Crippen LogP contribution in [-0.4, -0.2) is 20.3 Å². The molecule has 2 heteroatoms. The summed E-state index contributed by atoms with van der Waals surface area (Å²) in [6.07, 6.45) is 17.5. The minimum absolute atomic E-state index is 0.721. The molecule has 0 amide bonds. The topological polar surface area (TPSA) is 18.5 Å². The van der Waals surface area contributed by atoms with E-state index in [1.807, 2.05) is 0 Å². The smallest absolute Gasteiger partial charge is 0.119 e. The van der Waals surface area contributed by atoms with Crippen molar-refractivity contribution in [2.45, 2.75) is 70.1 Å². The highest BCUT2D eigenvalue weighted by Gasteiger charge is 2.21. The fraction of sp³-hybridized carbons (Fsp3) is 0.615. The van der Waals surface area contributed by atoms with E-state index in [1.54, 1.807) is 7.11 Å². The third-order valence-electron chi connectivity index (χ3n) is 6.53. The molecule has 0 unspecified atom stereocenters. The number of benzene rings is 1. The third kappa shape index (κ3) is 6.81. The van der Waals surface area contributed by atoms with E-state index in [4.69, 9.17) is 9.47 Å². The van der Waals surface area contributed by atoms with E-state index < -0.39 is 0 Å². The molecule has 0 atom stereocenters. The van der Waals surface area contributed by atoms with Crippen molar-refractivity contribution in [3.8, 4) is 5.75 Å². The first-order chi connectivity index (χ1) is 13.7. The summed E-state index contributed by atoms with van der Waals surface area (Å²) in [6.45, 7) is 5.72. The molecule has 0 spiro atoms. The van der Waals surface area contributed by atoms with Crippen LogP contribution in [0.15, 0.2) is 48.6 Å². The molecule has 3 rings (SSSR count). The van der Waals surface area contributed by atoms with Gasteiger partial charge in [-0.3, -0.25) is 0 Å². The average molecular weight is 383 g/mol. The number of rotatable bonds is 9. The van der Waals surface area contributed by atoms with Gasteiger partial charge in [0.05, 0.1) is 6.61 Å². The summed E-state index contributed by atoms with van der Waals surface area (Å²) < 4.78 is 10.9. The van der Waals surface area contributed by atoms with Crippen LogP contribution in [0.25, 0.3) is 0 Å². The van der Waals surface area contributed by atoms with Gasteiger partial charge in [0.2, 0.25) is 0 Å². The molecule has 0 heterocycles. The summed E-state index contributed by atoms with van der Waals surface area (Å²) in [6, 6.07) is 8.85. The molecule has 0 bridgehead atoms. The summed E-state index contributed by atoms with van der Waals surface area (Å²) in [7, 11) is 1.75. The second kappa shape index (κ2) is 11.5. The molecule has 0 saturated heterocycles. The lowest BCUT2D eigenvalue weighted by Crippen LogP contribution is -2.12. The normalized spacial score (nSPS) is 24.0. The van der Waals surface area contributed by atoms with Crippen LogP contribution in [-0.2, 0) is 4.74 Å². The largest absolute Gasteiger partial charge is 0.494 e. The molecule has 2 fully saturated rings. The van der Waals surface area contributed by atoms with E-state index >= 15 is 0 Å². The summed E-state index contributed by atoms with van der Waals surface area (Å²) >= 11 is 0. The van der Waals surface area contributed by atoms with Crippen molar-refractivity contribution in [3.05, 3.63) is 54.1 Å². The fourth-order valence-electron chi connectivity index (χ4n) is 4.57. The summed E-state index contributed by atoms with van der Waals surface area (Å²) in [5, 5.41) is 0. The molecular weight excluding hydrogens is 344 g/mol. The van der Waals surface area contributed by atoms with Gasteiger partial charge in [-0.25, -0.2) is 0 Å². The highest BCUT2D eigenvalue weighted by Crippen LogP contribution is 2.37. The van der Waals surface area contributed by atoms with Crippen molar-refractivity contribution >= 4 is 0 Å². The van der Waals surface area contributed by atoms with Gasteiger partial charge >= 0.3 is 0 Å². The first-order valence-corrected chi connectivity index (χ1v) is 11.3. The van der Waals surface area contributed by atoms with E-state index in [-0.39, 0.29) is 0 Å². The quantitative estimate of drug-likeness (QED) is 0.336. The molecular formula is C26H38O2. The molecule has 0 N–H and O–H groups in total. The van der Waals surface area contributed by atoms with Crippen LogP contribution in [0, 0.1) is 11.8 Å². The lowest BCUT2D eigenvalue weighted by atomic mass is 9.78. The van der Waals surface area contributed by atoms with Crippen molar-refractivity contribution in [2.24, 2.45) is 11.8 Å². The molecule has 154 valence electrons. The van der Waals surface area contributed by atoms with Gasteiger partial charge in [-0.15, -0.1) is 0 Å². The monoisotopic (exact) mass is 382 g/mol. The zero-order chi connectivity index (χ0) is 19.6. The van der Waals surface area contributed by atoms with Gasteiger partial charge in [-0.2, -0.15) is 0 Å². The number of methoxy groups -OCH3 is 1. The van der Waals surface area contributed by atoms with E-state index in [2.05, 4.69) is 43.0 Å².